The van der Waals surface area contributed by atoms with Crippen LogP contribution < -0.4 is 0 Å². The summed E-state index contributed by atoms with van der Waals surface area (Å²) in [5, 5.41) is 9.91. The van der Waals surface area contributed by atoms with Crippen molar-refractivity contribution in [1.29, 1.82) is 0 Å². The molecule has 0 amide bonds. The van der Waals surface area contributed by atoms with Crippen LogP contribution in [-0.2, 0) is 9.84 Å². The van der Waals surface area contributed by atoms with Crippen LogP contribution in [0.15, 0.2) is 11.7 Å². The van der Waals surface area contributed by atoms with E-state index >= 15 is 0 Å². The molecule has 96 valence electrons. The van der Waals surface area contributed by atoms with Gasteiger partial charge in [-0.1, -0.05) is 6.42 Å². The normalized spacial score (nSPS) is 27.9. The molecule has 0 bridgehead atoms. The summed E-state index contributed by atoms with van der Waals surface area (Å²) >= 11 is 1.42. The van der Waals surface area contributed by atoms with E-state index in [4.69, 9.17) is 0 Å². The summed E-state index contributed by atoms with van der Waals surface area (Å²) < 4.78 is 23.1. The van der Waals surface area contributed by atoms with Crippen LogP contribution in [0.3, 0.4) is 0 Å². The summed E-state index contributed by atoms with van der Waals surface area (Å²) in [6, 6.07) is 0. The molecule has 3 unspecified atom stereocenters. The Kier molecular flexibility index (Phi) is 3.85. The second-order valence-corrected chi connectivity index (χ2v) is 7.97. The molecule has 4 nitrogen and oxygen atoms in total. The molecular weight excluding hydrogens is 258 g/mol. The van der Waals surface area contributed by atoms with Gasteiger partial charge < -0.3 is 5.11 Å². The lowest BCUT2D eigenvalue weighted by atomic mass is 9.84. The molecule has 1 fully saturated rings. The summed E-state index contributed by atoms with van der Waals surface area (Å²) in [5.41, 5.74) is 1.69. The molecule has 17 heavy (non-hydrogen) atoms. The van der Waals surface area contributed by atoms with Crippen molar-refractivity contribution in [2.45, 2.75) is 37.0 Å². The molecule has 0 radical (unpaired) electrons. The number of rotatable bonds is 3. The molecule has 1 aromatic rings. The number of thiazole rings is 1. The third-order valence-electron chi connectivity index (χ3n) is 3.46. The Labute approximate surface area is 106 Å². The maximum Gasteiger partial charge on any atom is 0.150 e. The smallest absolute Gasteiger partial charge is 0.150 e. The van der Waals surface area contributed by atoms with Gasteiger partial charge in [-0.15, -0.1) is 11.3 Å². The minimum atomic E-state index is -2.98. The molecule has 6 heteroatoms. The molecule has 1 saturated carbocycles. The molecule has 0 spiro atoms. The van der Waals surface area contributed by atoms with E-state index < -0.39 is 15.9 Å². The van der Waals surface area contributed by atoms with Crippen molar-refractivity contribution >= 4 is 21.2 Å². The van der Waals surface area contributed by atoms with Crippen molar-refractivity contribution in [2.24, 2.45) is 5.92 Å². The summed E-state index contributed by atoms with van der Waals surface area (Å²) in [6.45, 7) is 0. The topological polar surface area (TPSA) is 67.3 Å². The molecule has 0 aromatic carbocycles. The van der Waals surface area contributed by atoms with Gasteiger partial charge in [0.1, 0.15) is 9.84 Å². The standard InChI is InChI=1S/C11H17NO3S2/c1-17(14,15)9-4-2-3-8(5-9)11(13)10-6-12-7-16-10/h6-9,11,13H,2-5H2,1H3. The zero-order chi connectivity index (χ0) is 12.5. The number of aliphatic hydroxyl groups is 1. The highest BCUT2D eigenvalue weighted by Crippen LogP contribution is 2.37. The molecular formula is C11H17NO3S2. The van der Waals surface area contributed by atoms with Crippen LogP contribution in [-0.4, -0.2) is 30.0 Å². The first-order valence-corrected chi connectivity index (χ1v) is 8.57. The van der Waals surface area contributed by atoms with Gasteiger partial charge in [-0.25, -0.2) is 8.42 Å². The first-order chi connectivity index (χ1) is 7.98. The number of nitrogens with zero attached hydrogens (tertiary/aromatic N) is 1. The molecule has 1 aliphatic rings. The van der Waals surface area contributed by atoms with Crippen LogP contribution in [0.4, 0.5) is 0 Å². The van der Waals surface area contributed by atoms with Crippen molar-refractivity contribution < 1.29 is 13.5 Å². The first kappa shape index (κ1) is 13.0. The van der Waals surface area contributed by atoms with Gasteiger partial charge in [0.15, 0.2) is 0 Å². The fourth-order valence-corrected chi connectivity index (χ4v) is 4.35. The van der Waals surface area contributed by atoms with Gasteiger partial charge in [-0.2, -0.15) is 0 Å². The minimum absolute atomic E-state index is 0.0453. The summed E-state index contributed by atoms with van der Waals surface area (Å²) in [5.74, 6) is 0.0453. The minimum Gasteiger partial charge on any atom is -0.387 e. The van der Waals surface area contributed by atoms with Crippen LogP contribution in [0.5, 0.6) is 0 Å². The van der Waals surface area contributed by atoms with Crippen LogP contribution in [0.25, 0.3) is 0 Å². The Balaban J connectivity index is 2.07. The van der Waals surface area contributed by atoms with Crippen molar-refractivity contribution in [3.8, 4) is 0 Å². The van der Waals surface area contributed by atoms with Gasteiger partial charge >= 0.3 is 0 Å². The van der Waals surface area contributed by atoms with E-state index in [1.807, 2.05) is 0 Å². The molecule has 3 atom stereocenters. The van der Waals surface area contributed by atoms with E-state index in [2.05, 4.69) is 4.98 Å². The van der Waals surface area contributed by atoms with Crippen molar-refractivity contribution in [3.63, 3.8) is 0 Å². The Morgan fingerprint density at radius 2 is 2.29 bits per heavy atom. The van der Waals surface area contributed by atoms with Crippen LogP contribution in [0, 0.1) is 5.92 Å². The van der Waals surface area contributed by atoms with Crippen molar-refractivity contribution in [1.82, 2.24) is 4.98 Å². The highest BCUT2D eigenvalue weighted by Gasteiger charge is 2.33. The fourth-order valence-electron chi connectivity index (χ4n) is 2.46. The molecule has 1 aromatic heterocycles. The molecule has 0 aliphatic heterocycles. The highest BCUT2D eigenvalue weighted by atomic mass is 32.2. The summed E-state index contributed by atoms with van der Waals surface area (Å²) in [6.07, 6.45) is 5.46. The predicted octanol–water partition coefficient (Wildman–Crippen LogP) is 1.78. The monoisotopic (exact) mass is 275 g/mol. The van der Waals surface area contributed by atoms with Crippen LogP contribution in [0.2, 0.25) is 0 Å². The van der Waals surface area contributed by atoms with E-state index in [1.54, 1.807) is 11.7 Å². The molecule has 1 aliphatic carbocycles. The summed E-state index contributed by atoms with van der Waals surface area (Å²) in [4.78, 5) is 4.78. The third kappa shape index (κ3) is 3.05. The molecule has 0 saturated heterocycles. The average Bonchev–Trinajstić information content (AvgIpc) is 2.80. The van der Waals surface area contributed by atoms with E-state index in [0.717, 1.165) is 24.1 Å². The number of hydrogen-bond acceptors (Lipinski definition) is 5. The second kappa shape index (κ2) is 5.04. The maximum atomic E-state index is 11.5. The van der Waals surface area contributed by atoms with Gasteiger partial charge in [-0.3, -0.25) is 4.98 Å². The molecule has 1 N–H and O–H groups in total. The fraction of sp³-hybridized carbons (Fsp3) is 0.727. The molecule has 1 heterocycles. The van der Waals surface area contributed by atoms with E-state index in [1.165, 1.54) is 17.6 Å². The lowest BCUT2D eigenvalue weighted by Crippen LogP contribution is -2.30. The quantitative estimate of drug-likeness (QED) is 0.913. The van der Waals surface area contributed by atoms with Crippen LogP contribution >= 0.6 is 11.3 Å². The lowest BCUT2D eigenvalue weighted by Gasteiger charge is -2.30. The number of aliphatic hydroxyl groups excluding tert-OH is 1. The zero-order valence-electron chi connectivity index (χ0n) is 9.74. The van der Waals surface area contributed by atoms with Gasteiger partial charge in [0.2, 0.25) is 0 Å². The Hall–Kier alpha value is -0.460. The number of aromatic nitrogens is 1. The third-order valence-corrected chi connectivity index (χ3v) is 5.95. The Morgan fingerprint density at radius 3 is 2.88 bits per heavy atom. The average molecular weight is 275 g/mol. The zero-order valence-corrected chi connectivity index (χ0v) is 11.4. The Bertz CT molecular complexity index is 455. The largest absolute Gasteiger partial charge is 0.387 e. The lowest BCUT2D eigenvalue weighted by molar-refractivity contribution is 0.0886. The predicted molar refractivity (Wildman–Crippen MR) is 67.7 cm³/mol. The van der Waals surface area contributed by atoms with Gasteiger partial charge in [-0.05, 0) is 25.2 Å². The molecule has 2 rings (SSSR count). The van der Waals surface area contributed by atoms with Crippen LogP contribution in [0.1, 0.15) is 36.7 Å². The van der Waals surface area contributed by atoms with Crippen molar-refractivity contribution in [2.75, 3.05) is 6.26 Å². The maximum absolute atomic E-state index is 11.5. The van der Waals surface area contributed by atoms with E-state index in [0.29, 0.717) is 6.42 Å². The van der Waals surface area contributed by atoms with E-state index in [9.17, 15) is 13.5 Å². The summed E-state index contributed by atoms with van der Waals surface area (Å²) in [7, 11) is -2.98. The van der Waals surface area contributed by atoms with Gasteiger partial charge in [0, 0.05) is 12.5 Å². The highest BCUT2D eigenvalue weighted by molar-refractivity contribution is 7.91. The SMILES string of the molecule is CS(=O)(=O)C1CCCC(C(O)c2cncs2)C1. The Morgan fingerprint density at radius 1 is 1.53 bits per heavy atom. The van der Waals surface area contributed by atoms with Gasteiger partial charge in [0.25, 0.3) is 0 Å². The first-order valence-electron chi connectivity index (χ1n) is 5.74. The van der Waals surface area contributed by atoms with E-state index in [-0.39, 0.29) is 11.2 Å². The number of sulfone groups is 1. The second-order valence-electron chi connectivity index (χ2n) is 4.73. The van der Waals surface area contributed by atoms with Crippen molar-refractivity contribution in [3.05, 3.63) is 16.6 Å². The van der Waals surface area contributed by atoms with Gasteiger partial charge in [0.05, 0.1) is 21.7 Å². The number of hydrogen-bond donors (Lipinski definition) is 1.